The van der Waals surface area contributed by atoms with Crippen molar-refractivity contribution in [2.45, 2.75) is 6.42 Å². The van der Waals surface area contributed by atoms with Crippen LogP contribution in [0, 0.1) is 5.92 Å². The van der Waals surface area contributed by atoms with Gasteiger partial charge in [-0.3, -0.25) is 9.69 Å². The Bertz CT molecular complexity index is 445. The molecule has 17 heavy (non-hydrogen) atoms. The summed E-state index contributed by atoms with van der Waals surface area (Å²) in [6.45, 7) is 0.333. The maximum atomic E-state index is 11.6. The second-order valence-electron chi connectivity index (χ2n) is 3.84. The van der Waals surface area contributed by atoms with Gasteiger partial charge in [0.1, 0.15) is 0 Å². The molecule has 1 aromatic rings. The monoisotopic (exact) mass is 237 g/mol. The summed E-state index contributed by atoms with van der Waals surface area (Å²) in [7, 11) is 0. The molecule has 2 N–H and O–H groups in total. The van der Waals surface area contributed by atoms with Crippen molar-refractivity contribution in [1.82, 2.24) is 10.2 Å². The van der Waals surface area contributed by atoms with Crippen LogP contribution in [0.1, 0.15) is 16.9 Å². The molecule has 2 rings (SSSR count). The van der Waals surface area contributed by atoms with Crippen LogP contribution < -0.4 is 4.90 Å². The van der Waals surface area contributed by atoms with Gasteiger partial charge in [-0.25, -0.2) is 4.79 Å². The highest BCUT2D eigenvalue weighted by molar-refractivity contribution is 5.95. The van der Waals surface area contributed by atoms with Crippen molar-refractivity contribution in [3.05, 3.63) is 17.8 Å². The van der Waals surface area contributed by atoms with Gasteiger partial charge in [0.05, 0.1) is 0 Å². The molecule has 0 saturated carbocycles. The Morgan fingerprint density at radius 2 is 2.24 bits per heavy atom. The van der Waals surface area contributed by atoms with E-state index < -0.39 is 5.97 Å². The lowest BCUT2D eigenvalue weighted by Gasteiger charge is -2.14. The molecule has 0 aromatic carbocycles. The number of carbonyl (C=O) groups is 2. The molecule has 1 aliphatic heterocycles. The Hall–Kier alpha value is -2.02. The van der Waals surface area contributed by atoms with Crippen molar-refractivity contribution in [3.8, 4) is 0 Å². The van der Waals surface area contributed by atoms with Crippen LogP contribution in [0.2, 0.25) is 0 Å². The summed E-state index contributed by atoms with van der Waals surface area (Å²) in [6.07, 6.45) is 0.277. The summed E-state index contributed by atoms with van der Waals surface area (Å²) in [5.41, 5.74) is -0.167. The number of hydrogen-bond donors (Lipinski definition) is 2. The standard InChI is InChI=1S/C10H11N3O4/c14-5-6-3-9(15)13(4-6)8-2-1-7(10(16)17)11-12-8/h1-2,6,14H,3-5H2,(H,16,17). The van der Waals surface area contributed by atoms with Crippen LogP contribution in [0.25, 0.3) is 0 Å². The van der Waals surface area contributed by atoms with E-state index >= 15 is 0 Å². The smallest absolute Gasteiger partial charge is 0.356 e. The van der Waals surface area contributed by atoms with Crippen LogP contribution in [-0.4, -0.2) is 45.4 Å². The topological polar surface area (TPSA) is 104 Å². The highest BCUT2D eigenvalue weighted by Gasteiger charge is 2.31. The molecule has 0 aliphatic carbocycles. The summed E-state index contributed by atoms with van der Waals surface area (Å²) in [5.74, 6) is -1.08. The summed E-state index contributed by atoms with van der Waals surface area (Å²) >= 11 is 0. The van der Waals surface area contributed by atoms with Crippen LogP contribution in [0.4, 0.5) is 5.82 Å². The van der Waals surface area contributed by atoms with Crippen molar-refractivity contribution in [3.63, 3.8) is 0 Å². The number of aliphatic hydroxyl groups is 1. The first-order valence-electron chi connectivity index (χ1n) is 5.10. The number of carboxylic acids is 1. The fourth-order valence-electron chi connectivity index (χ4n) is 1.71. The maximum absolute atomic E-state index is 11.6. The Kier molecular flexibility index (Phi) is 3.01. The molecule has 0 bridgehead atoms. The van der Waals surface area contributed by atoms with Crippen LogP contribution in [0.3, 0.4) is 0 Å². The molecule has 0 spiro atoms. The van der Waals surface area contributed by atoms with Crippen molar-refractivity contribution < 1.29 is 19.8 Å². The fraction of sp³-hybridized carbons (Fsp3) is 0.400. The minimum Gasteiger partial charge on any atom is -0.476 e. The molecule has 1 atom stereocenters. The van der Waals surface area contributed by atoms with Gasteiger partial charge < -0.3 is 10.2 Å². The first-order valence-corrected chi connectivity index (χ1v) is 5.10. The number of anilines is 1. The molecule has 7 heteroatoms. The molecule has 1 aromatic heterocycles. The van der Waals surface area contributed by atoms with Crippen molar-refractivity contribution >= 4 is 17.7 Å². The lowest BCUT2D eigenvalue weighted by molar-refractivity contribution is -0.117. The first kappa shape index (κ1) is 11.5. The van der Waals surface area contributed by atoms with E-state index in [1.54, 1.807) is 0 Å². The quantitative estimate of drug-likeness (QED) is 0.735. The average Bonchev–Trinajstić information content (AvgIpc) is 2.71. The van der Waals surface area contributed by atoms with E-state index in [2.05, 4.69) is 10.2 Å². The molecule has 1 unspecified atom stereocenters. The molecular weight excluding hydrogens is 226 g/mol. The van der Waals surface area contributed by atoms with Gasteiger partial charge in [-0.1, -0.05) is 0 Å². The van der Waals surface area contributed by atoms with Gasteiger partial charge in [0.25, 0.3) is 0 Å². The molecule has 90 valence electrons. The normalized spacial score (nSPS) is 19.7. The van der Waals surface area contributed by atoms with Crippen LogP contribution >= 0.6 is 0 Å². The van der Waals surface area contributed by atoms with E-state index in [4.69, 9.17) is 10.2 Å². The van der Waals surface area contributed by atoms with Crippen molar-refractivity contribution in [2.24, 2.45) is 5.92 Å². The Morgan fingerprint density at radius 3 is 2.71 bits per heavy atom. The van der Waals surface area contributed by atoms with Crippen LogP contribution in [0.15, 0.2) is 12.1 Å². The summed E-state index contributed by atoms with van der Waals surface area (Å²) in [5, 5.41) is 24.8. The van der Waals surface area contributed by atoms with E-state index in [0.29, 0.717) is 12.4 Å². The summed E-state index contributed by atoms with van der Waals surface area (Å²) in [6, 6.07) is 2.73. The molecular formula is C10H11N3O4. The molecule has 1 saturated heterocycles. The third-order valence-electron chi connectivity index (χ3n) is 2.61. The van der Waals surface area contributed by atoms with E-state index in [9.17, 15) is 9.59 Å². The minimum absolute atomic E-state index is 0.0527. The lowest BCUT2D eigenvalue weighted by Crippen LogP contribution is -2.26. The van der Waals surface area contributed by atoms with E-state index in [1.807, 2.05) is 0 Å². The number of carboxylic acid groups (broad SMARTS) is 1. The second-order valence-corrected chi connectivity index (χ2v) is 3.84. The zero-order valence-electron chi connectivity index (χ0n) is 8.91. The Labute approximate surface area is 96.7 Å². The third-order valence-corrected chi connectivity index (χ3v) is 2.61. The van der Waals surface area contributed by atoms with Crippen LogP contribution in [-0.2, 0) is 4.79 Å². The number of nitrogens with zero attached hydrogens (tertiary/aromatic N) is 3. The van der Waals surface area contributed by atoms with Crippen LogP contribution in [0.5, 0.6) is 0 Å². The van der Waals surface area contributed by atoms with Gasteiger partial charge in [0.15, 0.2) is 11.5 Å². The van der Waals surface area contributed by atoms with Gasteiger partial charge in [-0.05, 0) is 12.1 Å². The summed E-state index contributed by atoms with van der Waals surface area (Å²) < 4.78 is 0. The van der Waals surface area contributed by atoms with Crippen molar-refractivity contribution in [2.75, 3.05) is 18.1 Å². The first-order chi connectivity index (χ1) is 8.11. The molecule has 1 aliphatic rings. The van der Waals surface area contributed by atoms with Gasteiger partial charge in [-0.2, -0.15) is 0 Å². The van der Waals surface area contributed by atoms with E-state index in [1.165, 1.54) is 17.0 Å². The molecule has 1 amide bonds. The largest absolute Gasteiger partial charge is 0.476 e. The predicted molar refractivity (Wildman–Crippen MR) is 56.5 cm³/mol. The Morgan fingerprint density at radius 1 is 1.47 bits per heavy atom. The average molecular weight is 237 g/mol. The minimum atomic E-state index is -1.16. The fourth-order valence-corrected chi connectivity index (χ4v) is 1.71. The number of carbonyl (C=O) groups excluding carboxylic acids is 1. The second kappa shape index (κ2) is 4.46. The van der Waals surface area contributed by atoms with Gasteiger partial charge >= 0.3 is 5.97 Å². The number of rotatable bonds is 3. The highest BCUT2D eigenvalue weighted by atomic mass is 16.4. The third kappa shape index (κ3) is 2.23. The lowest BCUT2D eigenvalue weighted by atomic mass is 10.1. The zero-order chi connectivity index (χ0) is 12.4. The number of amides is 1. The van der Waals surface area contributed by atoms with Gasteiger partial charge in [0.2, 0.25) is 5.91 Å². The van der Waals surface area contributed by atoms with Gasteiger partial charge in [-0.15, -0.1) is 10.2 Å². The molecule has 0 radical (unpaired) electrons. The van der Waals surface area contributed by atoms with E-state index in [0.717, 1.165) is 0 Å². The number of aliphatic hydroxyl groups excluding tert-OH is 1. The molecule has 1 fully saturated rings. The molecule has 7 nitrogen and oxygen atoms in total. The van der Waals surface area contributed by atoms with E-state index in [-0.39, 0.29) is 30.5 Å². The van der Waals surface area contributed by atoms with Crippen molar-refractivity contribution in [1.29, 1.82) is 0 Å². The number of aromatic carboxylic acids is 1. The zero-order valence-corrected chi connectivity index (χ0v) is 8.91. The molecule has 2 heterocycles. The number of hydrogen-bond acceptors (Lipinski definition) is 5. The highest BCUT2D eigenvalue weighted by Crippen LogP contribution is 2.22. The SMILES string of the molecule is O=C(O)c1ccc(N2CC(CO)CC2=O)nn1. The number of aromatic nitrogens is 2. The predicted octanol–water partition coefficient (Wildman–Crippen LogP) is -0.480. The maximum Gasteiger partial charge on any atom is 0.356 e. The Balaban J connectivity index is 2.18. The van der Waals surface area contributed by atoms with Gasteiger partial charge in [0, 0.05) is 25.5 Å². The summed E-state index contributed by atoms with van der Waals surface area (Å²) in [4.78, 5) is 23.6.